The molecule has 1 aliphatic heterocycles. The normalized spacial score (nSPS) is 23.2. The van der Waals surface area contributed by atoms with Gasteiger partial charge in [0.1, 0.15) is 6.23 Å². The fourth-order valence-electron chi connectivity index (χ4n) is 4.10. The van der Waals surface area contributed by atoms with E-state index in [1.165, 1.54) is 7.11 Å². The second-order valence-corrected chi connectivity index (χ2v) is 20.3. The predicted molar refractivity (Wildman–Crippen MR) is 139 cm³/mol. The quantitative estimate of drug-likeness (QED) is 0.120. The summed E-state index contributed by atoms with van der Waals surface area (Å²) in [6.07, 6.45) is 4.61. The van der Waals surface area contributed by atoms with Crippen molar-refractivity contribution in [3.05, 3.63) is 24.3 Å². The molecule has 0 N–H and O–H groups in total. The summed E-state index contributed by atoms with van der Waals surface area (Å²) in [5.41, 5.74) is 0.526. The molecule has 0 amide bonds. The Morgan fingerprint density at radius 3 is 1.89 bits per heavy atom. The van der Waals surface area contributed by atoms with Gasteiger partial charge in [-0.2, -0.15) is 0 Å². The number of ether oxygens (including phenoxy) is 3. The molecule has 0 radical (unpaired) electrons. The summed E-state index contributed by atoms with van der Waals surface area (Å²) in [5.74, 6) is -0.611. The molecule has 1 saturated heterocycles. The highest BCUT2D eigenvalue weighted by Crippen LogP contribution is 2.42. The predicted octanol–water partition coefficient (Wildman–Crippen LogP) is 3.32. The Morgan fingerprint density at radius 2 is 1.39 bits per heavy atom. The molecular weight excluding hydrogens is 521 g/mol. The zero-order valence-corrected chi connectivity index (χ0v) is 25.7. The van der Waals surface area contributed by atoms with E-state index in [9.17, 15) is 9.59 Å². The van der Waals surface area contributed by atoms with Crippen LogP contribution in [0.3, 0.4) is 0 Å². The van der Waals surface area contributed by atoms with Gasteiger partial charge in [-0.1, -0.05) is 13.2 Å². The SMILES string of the molecule is C=C(C)C(=O)OC[Si](C)(C)O[Si](COC(=O)C(=C)C)(OC)O[Si](CCC1CCC2OC2C1)(OC)OC. The molecule has 0 aromatic carbocycles. The van der Waals surface area contributed by atoms with E-state index in [1.54, 1.807) is 28.1 Å². The highest BCUT2D eigenvalue weighted by molar-refractivity contribution is 6.84. The summed E-state index contributed by atoms with van der Waals surface area (Å²) >= 11 is 0. The Hall–Kier alpha value is -1.17. The minimum Gasteiger partial charge on any atom is -0.463 e. The molecule has 10 nitrogen and oxygen atoms in total. The van der Waals surface area contributed by atoms with Gasteiger partial charge >= 0.3 is 29.5 Å². The van der Waals surface area contributed by atoms with Crippen LogP contribution in [0.2, 0.25) is 19.1 Å². The first-order chi connectivity index (χ1) is 16.8. The molecule has 4 atom stereocenters. The van der Waals surface area contributed by atoms with Crippen molar-refractivity contribution in [2.75, 3.05) is 33.8 Å². The molecule has 1 saturated carbocycles. The van der Waals surface area contributed by atoms with Crippen molar-refractivity contribution < 1.29 is 45.3 Å². The molecule has 206 valence electrons. The van der Waals surface area contributed by atoms with Gasteiger partial charge in [0.2, 0.25) is 8.32 Å². The van der Waals surface area contributed by atoms with E-state index >= 15 is 0 Å². The highest BCUT2D eigenvalue weighted by Gasteiger charge is 2.56. The third-order valence-corrected chi connectivity index (χ3v) is 16.3. The van der Waals surface area contributed by atoms with Crippen LogP contribution in [-0.2, 0) is 45.3 Å². The average Bonchev–Trinajstić information content (AvgIpc) is 3.62. The Labute approximate surface area is 218 Å². The fourth-order valence-corrected chi connectivity index (χ4v) is 14.6. The van der Waals surface area contributed by atoms with E-state index in [1.807, 2.05) is 13.1 Å². The van der Waals surface area contributed by atoms with Crippen molar-refractivity contribution >= 4 is 37.9 Å². The number of carbonyl (C=O) groups is 2. The van der Waals surface area contributed by atoms with E-state index < -0.39 is 37.9 Å². The van der Waals surface area contributed by atoms with Crippen molar-refractivity contribution in [3.8, 4) is 0 Å². The minimum absolute atomic E-state index is 0.0355. The number of hydrogen-bond donors (Lipinski definition) is 0. The first-order valence-electron chi connectivity index (χ1n) is 12.2. The van der Waals surface area contributed by atoms with Crippen LogP contribution in [-0.4, -0.2) is 83.9 Å². The maximum absolute atomic E-state index is 12.2. The topological polar surface area (TPSA) is 111 Å². The molecule has 2 aliphatic rings. The first kappa shape index (κ1) is 31.1. The van der Waals surface area contributed by atoms with Crippen molar-refractivity contribution in [3.63, 3.8) is 0 Å². The van der Waals surface area contributed by atoms with Gasteiger partial charge in [-0.3, -0.25) is 0 Å². The highest BCUT2D eigenvalue weighted by atomic mass is 28.5. The summed E-state index contributed by atoms with van der Waals surface area (Å²) in [5, 5.41) is 0. The molecule has 0 aromatic heterocycles. The number of esters is 2. The summed E-state index contributed by atoms with van der Waals surface area (Å²) in [7, 11) is -5.24. The second-order valence-electron chi connectivity index (χ2n) is 10.1. The lowest BCUT2D eigenvalue weighted by atomic mass is 9.88. The Bertz CT molecular complexity index is 816. The Balaban J connectivity index is 2.21. The number of fused-ring (bicyclic) bond motifs is 1. The summed E-state index contributed by atoms with van der Waals surface area (Å²) in [6.45, 7) is 14.1. The molecule has 1 aliphatic carbocycles. The molecular formula is C23H42O10Si3. The van der Waals surface area contributed by atoms with Crippen LogP contribution in [0.15, 0.2) is 24.3 Å². The number of rotatable bonds is 16. The van der Waals surface area contributed by atoms with E-state index in [2.05, 4.69) is 13.2 Å². The van der Waals surface area contributed by atoms with Crippen molar-refractivity contribution in [2.45, 2.75) is 70.9 Å². The molecule has 36 heavy (non-hydrogen) atoms. The van der Waals surface area contributed by atoms with Crippen LogP contribution in [0.1, 0.15) is 39.5 Å². The van der Waals surface area contributed by atoms with E-state index in [-0.39, 0.29) is 23.6 Å². The number of hydrogen-bond acceptors (Lipinski definition) is 10. The monoisotopic (exact) mass is 562 g/mol. The van der Waals surface area contributed by atoms with E-state index in [0.717, 1.165) is 25.7 Å². The lowest BCUT2D eigenvalue weighted by Crippen LogP contribution is -2.64. The summed E-state index contributed by atoms with van der Waals surface area (Å²) in [6, 6.07) is 0.546. The van der Waals surface area contributed by atoms with Crippen LogP contribution in [0.4, 0.5) is 0 Å². The van der Waals surface area contributed by atoms with Crippen molar-refractivity contribution in [1.82, 2.24) is 0 Å². The third kappa shape index (κ3) is 8.99. The summed E-state index contributed by atoms with van der Waals surface area (Å²) in [4.78, 5) is 24.2. The molecule has 13 heteroatoms. The maximum atomic E-state index is 12.2. The fraction of sp³-hybridized carbons (Fsp3) is 0.739. The molecule has 1 heterocycles. The molecule has 0 aromatic rings. The number of carbonyl (C=O) groups excluding carboxylic acids is 2. The van der Waals surface area contributed by atoms with Gasteiger partial charge in [-0.15, -0.1) is 0 Å². The van der Waals surface area contributed by atoms with Gasteiger partial charge < -0.3 is 35.7 Å². The lowest BCUT2D eigenvalue weighted by Gasteiger charge is -2.40. The maximum Gasteiger partial charge on any atom is 0.522 e. The van der Waals surface area contributed by atoms with Gasteiger partial charge in [-0.25, -0.2) is 9.59 Å². The minimum atomic E-state index is -3.73. The largest absolute Gasteiger partial charge is 0.522 e. The van der Waals surface area contributed by atoms with Gasteiger partial charge in [0.25, 0.3) is 0 Å². The zero-order chi connectivity index (χ0) is 27.1. The lowest BCUT2D eigenvalue weighted by molar-refractivity contribution is -0.138. The Kier molecular flexibility index (Phi) is 11.3. The first-order valence-corrected chi connectivity index (χ1v) is 19.1. The van der Waals surface area contributed by atoms with Crippen LogP contribution < -0.4 is 0 Å². The van der Waals surface area contributed by atoms with Gasteiger partial charge in [0.05, 0.1) is 12.2 Å². The molecule has 0 spiro atoms. The van der Waals surface area contributed by atoms with E-state index in [4.69, 9.17) is 35.7 Å². The smallest absolute Gasteiger partial charge is 0.463 e. The number of epoxide rings is 1. The van der Waals surface area contributed by atoms with Crippen LogP contribution in [0.5, 0.6) is 0 Å². The van der Waals surface area contributed by atoms with Crippen molar-refractivity contribution in [1.29, 1.82) is 0 Å². The molecule has 2 fully saturated rings. The average molecular weight is 563 g/mol. The molecule has 2 rings (SSSR count). The molecule has 0 bridgehead atoms. The van der Waals surface area contributed by atoms with Crippen molar-refractivity contribution in [2.24, 2.45) is 5.92 Å². The Morgan fingerprint density at radius 1 is 0.833 bits per heavy atom. The second kappa shape index (κ2) is 13.1. The van der Waals surface area contributed by atoms with Crippen LogP contribution in [0.25, 0.3) is 0 Å². The van der Waals surface area contributed by atoms with Gasteiger partial charge in [0.15, 0.2) is 6.23 Å². The molecule has 4 unspecified atom stereocenters. The van der Waals surface area contributed by atoms with Crippen LogP contribution in [0, 0.1) is 5.92 Å². The van der Waals surface area contributed by atoms with Gasteiger partial charge in [0, 0.05) is 38.5 Å². The third-order valence-electron chi connectivity index (χ3n) is 6.28. The van der Waals surface area contributed by atoms with Crippen LogP contribution >= 0.6 is 0 Å². The summed E-state index contributed by atoms with van der Waals surface area (Å²) < 4.78 is 47.1. The zero-order valence-electron chi connectivity index (χ0n) is 22.7. The standard InChI is InChI=1S/C23H42O10Si3/c1-17(2)22(24)29-15-34(8,9)32-36(28-7,16-30-23(25)18(3)4)33-35(26-5,27-6)13-12-19-10-11-20-21(14-19)31-20/h19-21H,1,3,10-16H2,2,4-9H3. The van der Waals surface area contributed by atoms with E-state index in [0.29, 0.717) is 24.2 Å². The van der Waals surface area contributed by atoms with Gasteiger partial charge in [-0.05, 0) is 58.5 Å².